The Labute approximate surface area is 195 Å². The van der Waals surface area contributed by atoms with Crippen LogP contribution in [0.1, 0.15) is 12.5 Å². The van der Waals surface area contributed by atoms with Crippen LogP contribution in [0.5, 0.6) is 11.5 Å². The van der Waals surface area contributed by atoms with Crippen molar-refractivity contribution in [3.63, 3.8) is 0 Å². The normalized spacial score (nSPS) is 11.3. The number of benzene rings is 3. The zero-order chi connectivity index (χ0) is 24.2. The van der Waals surface area contributed by atoms with Crippen molar-refractivity contribution < 1.29 is 23.6 Å². The van der Waals surface area contributed by atoms with E-state index in [2.05, 4.69) is 5.32 Å². The molecule has 1 aromatic heterocycles. The number of methoxy groups -OCH3 is 2. The first-order valence-corrected chi connectivity index (χ1v) is 10.4. The Bertz CT molecular complexity index is 1400. The fourth-order valence-electron chi connectivity index (χ4n) is 3.68. The average Bonchev–Trinajstić information content (AvgIpc) is 3.26. The summed E-state index contributed by atoms with van der Waals surface area (Å²) in [4.78, 5) is 23.1. The number of ether oxygens (including phenoxy) is 2. The number of allylic oxidation sites excluding steroid dienone is 1. The van der Waals surface area contributed by atoms with Gasteiger partial charge in [-0.2, -0.15) is 0 Å². The Morgan fingerprint density at radius 2 is 1.82 bits per heavy atom. The molecular weight excluding hydrogens is 436 g/mol. The number of nitro benzene ring substituents is 1. The molecule has 8 nitrogen and oxygen atoms in total. The maximum absolute atomic E-state index is 12.6. The summed E-state index contributed by atoms with van der Waals surface area (Å²) in [5, 5.41) is 14.5. The van der Waals surface area contributed by atoms with Gasteiger partial charge < -0.3 is 19.2 Å². The fraction of sp³-hybridized carbons (Fsp3) is 0.115. The van der Waals surface area contributed by atoms with E-state index in [1.54, 1.807) is 39.5 Å². The fourth-order valence-corrected chi connectivity index (χ4v) is 3.68. The van der Waals surface area contributed by atoms with Crippen LogP contribution < -0.4 is 14.8 Å². The number of rotatable bonds is 7. The van der Waals surface area contributed by atoms with Gasteiger partial charge in [0.1, 0.15) is 17.1 Å². The predicted octanol–water partition coefficient (Wildman–Crippen LogP) is 6.07. The van der Waals surface area contributed by atoms with Crippen molar-refractivity contribution >= 4 is 33.8 Å². The number of amides is 1. The van der Waals surface area contributed by atoms with E-state index in [1.165, 1.54) is 24.3 Å². The predicted molar refractivity (Wildman–Crippen MR) is 130 cm³/mol. The summed E-state index contributed by atoms with van der Waals surface area (Å²) in [6, 6.07) is 17.1. The molecule has 0 atom stereocenters. The van der Waals surface area contributed by atoms with Gasteiger partial charge in [-0.3, -0.25) is 14.9 Å². The van der Waals surface area contributed by atoms with Gasteiger partial charge in [0.15, 0.2) is 0 Å². The maximum Gasteiger partial charge on any atom is 0.271 e. The molecule has 1 amide bonds. The number of nitrogens with zero attached hydrogens (tertiary/aromatic N) is 1. The molecule has 172 valence electrons. The van der Waals surface area contributed by atoms with Crippen molar-refractivity contribution in [2.45, 2.75) is 6.92 Å². The summed E-state index contributed by atoms with van der Waals surface area (Å²) in [5.41, 5.74) is 4.12. The third kappa shape index (κ3) is 4.61. The number of carbonyl (C=O) groups is 1. The van der Waals surface area contributed by atoms with Crippen LogP contribution in [0.3, 0.4) is 0 Å². The quantitative estimate of drug-likeness (QED) is 0.205. The van der Waals surface area contributed by atoms with Crippen LogP contribution in [0.4, 0.5) is 11.4 Å². The maximum atomic E-state index is 12.6. The monoisotopic (exact) mass is 458 g/mol. The van der Waals surface area contributed by atoms with E-state index >= 15 is 0 Å². The van der Waals surface area contributed by atoms with Crippen molar-refractivity contribution in [1.29, 1.82) is 0 Å². The number of nitro groups is 1. The van der Waals surface area contributed by atoms with Crippen molar-refractivity contribution in [3.05, 3.63) is 88.7 Å². The Morgan fingerprint density at radius 1 is 1.06 bits per heavy atom. The van der Waals surface area contributed by atoms with Crippen LogP contribution in [-0.4, -0.2) is 25.1 Å². The van der Waals surface area contributed by atoms with E-state index in [0.29, 0.717) is 22.6 Å². The second kappa shape index (κ2) is 9.50. The van der Waals surface area contributed by atoms with Crippen molar-refractivity contribution in [2.24, 2.45) is 0 Å². The van der Waals surface area contributed by atoms with E-state index < -0.39 is 10.8 Å². The summed E-state index contributed by atoms with van der Waals surface area (Å²) in [6.07, 6.45) is 3.11. The highest BCUT2D eigenvalue weighted by atomic mass is 16.6. The smallest absolute Gasteiger partial charge is 0.271 e. The molecule has 0 radical (unpaired) electrons. The lowest BCUT2D eigenvalue weighted by Gasteiger charge is -2.10. The highest BCUT2D eigenvalue weighted by Gasteiger charge is 2.15. The zero-order valence-corrected chi connectivity index (χ0v) is 18.8. The second-order valence-electron chi connectivity index (χ2n) is 7.55. The van der Waals surface area contributed by atoms with Crippen LogP contribution >= 0.6 is 0 Å². The summed E-state index contributed by atoms with van der Waals surface area (Å²) in [7, 11) is 3.17. The number of carbonyl (C=O) groups excluding carboxylic acids is 1. The molecule has 0 aliphatic carbocycles. The van der Waals surface area contributed by atoms with E-state index in [9.17, 15) is 14.9 Å². The van der Waals surface area contributed by atoms with Gasteiger partial charge in [-0.05, 0) is 42.3 Å². The Kier molecular flexibility index (Phi) is 6.31. The topological polar surface area (TPSA) is 104 Å². The molecule has 0 aliphatic heterocycles. The van der Waals surface area contributed by atoms with Crippen LogP contribution in [0, 0.1) is 10.1 Å². The molecule has 34 heavy (non-hydrogen) atoms. The van der Waals surface area contributed by atoms with Gasteiger partial charge in [0.25, 0.3) is 5.69 Å². The number of hydrogen-bond donors (Lipinski definition) is 1. The van der Waals surface area contributed by atoms with Gasteiger partial charge in [0.2, 0.25) is 5.91 Å². The lowest BCUT2D eigenvalue weighted by atomic mass is 9.99. The van der Waals surface area contributed by atoms with Gasteiger partial charge in [0.05, 0.1) is 25.4 Å². The Balaban J connectivity index is 1.67. The number of nitrogens with one attached hydrogen (secondary N) is 1. The van der Waals surface area contributed by atoms with Gasteiger partial charge >= 0.3 is 0 Å². The van der Waals surface area contributed by atoms with Crippen molar-refractivity contribution in [1.82, 2.24) is 0 Å². The molecule has 0 saturated heterocycles. The van der Waals surface area contributed by atoms with Crippen molar-refractivity contribution in [2.75, 3.05) is 19.5 Å². The van der Waals surface area contributed by atoms with Gasteiger partial charge in [-0.1, -0.05) is 18.2 Å². The second-order valence-corrected chi connectivity index (χ2v) is 7.55. The first-order valence-electron chi connectivity index (χ1n) is 10.4. The number of anilines is 1. The molecule has 0 aliphatic rings. The summed E-state index contributed by atoms with van der Waals surface area (Å²) in [6.45, 7) is 1.80. The Hall–Kier alpha value is -4.59. The molecule has 3 aromatic carbocycles. The number of non-ortho nitro benzene ring substituents is 1. The zero-order valence-electron chi connectivity index (χ0n) is 18.8. The SMILES string of the molecule is COc1ccc(-c2coc3cc(OC)c(/C(C)=C/C(=O)Nc4cccc([N+](=O)[O-])c4)cc23)cc1. The Morgan fingerprint density at radius 3 is 2.50 bits per heavy atom. The van der Waals surface area contributed by atoms with Crippen LogP contribution in [0.15, 0.2) is 77.4 Å². The first kappa shape index (κ1) is 22.6. The minimum Gasteiger partial charge on any atom is -0.497 e. The molecule has 0 bridgehead atoms. The third-order valence-corrected chi connectivity index (χ3v) is 5.39. The van der Waals surface area contributed by atoms with Crippen LogP contribution in [-0.2, 0) is 4.79 Å². The summed E-state index contributed by atoms with van der Waals surface area (Å²) in [5.74, 6) is 0.898. The average molecular weight is 458 g/mol. The van der Waals surface area contributed by atoms with E-state index in [0.717, 1.165) is 27.8 Å². The largest absolute Gasteiger partial charge is 0.497 e. The number of hydrogen-bond acceptors (Lipinski definition) is 6. The molecule has 1 N–H and O–H groups in total. The molecule has 4 rings (SSSR count). The van der Waals surface area contributed by atoms with E-state index in [1.807, 2.05) is 30.3 Å². The minimum absolute atomic E-state index is 0.100. The van der Waals surface area contributed by atoms with Crippen LogP contribution in [0.25, 0.3) is 27.7 Å². The van der Waals surface area contributed by atoms with Gasteiger partial charge in [-0.15, -0.1) is 0 Å². The summed E-state index contributed by atoms with van der Waals surface area (Å²) >= 11 is 0. The lowest BCUT2D eigenvalue weighted by Crippen LogP contribution is -2.09. The standard InChI is InChI=1S/C26H22N2O6/c1-16(11-26(29)27-18-5-4-6-19(12-18)28(30)31)21-13-22-23(15-34-25(22)14-24(21)33-3)17-7-9-20(32-2)10-8-17/h4-15H,1-3H3,(H,27,29)/b16-11+. The number of furan rings is 1. The molecular formula is C26H22N2O6. The number of fused-ring (bicyclic) bond motifs is 1. The van der Waals surface area contributed by atoms with E-state index in [4.69, 9.17) is 13.9 Å². The highest BCUT2D eigenvalue weighted by molar-refractivity contribution is 6.05. The lowest BCUT2D eigenvalue weighted by molar-refractivity contribution is -0.384. The van der Waals surface area contributed by atoms with Crippen LogP contribution in [0.2, 0.25) is 0 Å². The molecule has 4 aromatic rings. The molecule has 0 unspecified atom stereocenters. The van der Waals surface area contributed by atoms with E-state index in [-0.39, 0.29) is 5.69 Å². The van der Waals surface area contributed by atoms with Gasteiger partial charge in [0, 0.05) is 46.5 Å². The molecule has 0 fully saturated rings. The minimum atomic E-state index is -0.512. The molecule has 0 spiro atoms. The van der Waals surface area contributed by atoms with Crippen molar-refractivity contribution in [3.8, 4) is 22.6 Å². The highest BCUT2D eigenvalue weighted by Crippen LogP contribution is 2.37. The first-order chi connectivity index (χ1) is 16.4. The molecule has 0 saturated carbocycles. The third-order valence-electron chi connectivity index (χ3n) is 5.39. The molecule has 1 heterocycles. The van der Waals surface area contributed by atoms with Gasteiger partial charge in [-0.25, -0.2) is 0 Å². The molecule has 8 heteroatoms. The summed E-state index contributed by atoms with van der Waals surface area (Å²) < 4.78 is 16.5.